The molecule has 44 heavy (non-hydrogen) atoms. The topological polar surface area (TPSA) is 162 Å². The first-order valence-corrected chi connectivity index (χ1v) is 14.4. The van der Waals surface area contributed by atoms with E-state index in [4.69, 9.17) is 14.2 Å². The summed E-state index contributed by atoms with van der Waals surface area (Å²) in [6.07, 6.45) is 2.08. The largest absolute Gasteiger partial charge is 0.480 e. The van der Waals surface area contributed by atoms with Crippen LogP contribution in [-0.4, -0.2) is 86.4 Å². The molecule has 1 aliphatic rings. The minimum absolute atomic E-state index is 0.151. The molecule has 5 heterocycles. The summed E-state index contributed by atoms with van der Waals surface area (Å²) >= 11 is 1.26. The third-order valence-electron chi connectivity index (χ3n) is 6.75. The van der Waals surface area contributed by atoms with Crippen molar-refractivity contribution in [1.82, 2.24) is 29.8 Å². The SMILES string of the molecule is COc1cnc2c(-c3nc4cc(F)c(OCCOC(=O)Nc5ccc(C(=O)N6CC[C@H](O)C6)nc5)nc4s3)cc(C)cc2n1. The second kappa shape index (κ2) is 12.3. The quantitative estimate of drug-likeness (QED) is 0.242. The number of β-amino-alcohol motifs (C(OH)–C–C–N with tert-alkyl or cyclic N) is 1. The fourth-order valence-corrected chi connectivity index (χ4v) is 5.59. The number of hydrogen-bond donors (Lipinski definition) is 2. The van der Waals surface area contributed by atoms with Gasteiger partial charge in [0.15, 0.2) is 5.82 Å². The smallest absolute Gasteiger partial charge is 0.411 e. The molecule has 5 aromatic rings. The Morgan fingerprint density at radius 2 is 1.98 bits per heavy atom. The van der Waals surface area contributed by atoms with Crippen molar-refractivity contribution in [3.63, 3.8) is 0 Å². The molecule has 0 unspecified atom stereocenters. The predicted octanol–water partition coefficient (Wildman–Crippen LogP) is 3.99. The lowest BCUT2D eigenvalue weighted by Gasteiger charge is -2.15. The second-order valence-electron chi connectivity index (χ2n) is 9.95. The van der Waals surface area contributed by atoms with Crippen molar-refractivity contribution in [3.8, 4) is 22.3 Å². The number of nitrogens with zero attached hydrogens (tertiary/aromatic N) is 6. The Balaban J connectivity index is 1.05. The molecule has 0 bridgehead atoms. The van der Waals surface area contributed by atoms with E-state index in [2.05, 4.69) is 30.2 Å². The van der Waals surface area contributed by atoms with Crippen LogP contribution < -0.4 is 14.8 Å². The fraction of sp³-hybridized carbons (Fsp3) is 0.276. The number of methoxy groups -OCH3 is 1. The molecule has 0 aliphatic carbocycles. The highest BCUT2D eigenvalue weighted by atomic mass is 32.1. The third-order valence-corrected chi connectivity index (χ3v) is 7.75. The fourth-order valence-electron chi connectivity index (χ4n) is 4.66. The monoisotopic (exact) mass is 619 g/mol. The number of pyridine rings is 2. The average Bonchev–Trinajstić information content (AvgIpc) is 3.64. The molecule has 1 aromatic carbocycles. The first-order chi connectivity index (χ1) is 21.3. The van der Waals surface area contributed by atoms with Gasteiger partial charge in [-0.25, -0.2) is 29.1 Å². The van der Waals surface area contributed by atoms with E-state index in [1.807, 2.05) is 19.1 Å². The van der Waals surface area contributed by atoms with Gasteiger partial charge in [-0.3, -0.25) is 10.1 Å². The van der Waals surface area contributed by atoms with Crippen LogP contribution in [0.25, 0.3) is 32.0 Å². The lowest BCUT2D eigenvalue weighted by molar-refractivity contribution is 0.0759. The number of aliphatic hydroxyl groups is 1. The zero-order valence-corrected chi connectivity index (χ0v) is 24.4. The van der Waals surface area contributed by atoms with Gasteiger partial charge in [-0.15, -0.1) is 0 Å². The first kappa shape index (κ1) is 29.1. The van der Waals surface area contributed by atoms with Gasteiger partial charge in [0.25, 0.3) is 11.8 Å². The Kier molecular flexibility index (Phi) is 8.13. The summed E-state index contributed by atoms with van der Waals surface area (Å²) in [5.41, 5.74) is 3.85. The second-order valence-corrected chi connectivity index (χ2v) is 10.9. The van der Waals surface area contributed by atoms with E-state index in [9.17, 15) is 19.1 Å². The van der Waals surface area contributed by atoms with Crippen LogP contribution in [0.15, 0.2) is 42.7 Å². The van der Waals surface area contributed by atoms with E-state index >= 15 is 0 Å². The molecular weight excluding hydrogens is 593 g/mol. The minimum atomic E-state index is -0.778. The highest BCUT2D eigenvalue weighted by Gasteiger charge is 2.26. The van der Waals surface area contributed by atoms with Crippen LogP contribution in [0.3, 0.4) is 0 Å². The number of hydrogen-bond acceptors (Lipinski definition) is 12. The van der Waals surface area contributed by atoms with E-state index < -0.39 is 18.0 Å². The predicted molar refractivity (Wildman–Crippen MR) is 158 cm³/mol. The Morgan fingerprint density at radius 1 is 1.11 bits per heavy atom. The molecule has 1 fully saturated rings. The van der Waals surface area contributed by atoms with Crippen LogP contribution in [0.4, 0.5) is 14.9 Å². The van der Waals surface area contributed by atoms with Gasteiger partial charge in [-0.2, -0.15) is 4.98 Å². The molecule has 0 spiro atoms. The lowest BCUT2D eigenvalue weighted by atomic mass is 10.1. The number of nitrogens with one attached hydrogen (secondary N) is 1. The summed E-state index contributed by atoms with van der Waals surface area (Å²) in [7, 11) is 1.52. The van der Waals surface area contributed by atoms with Gasteiger partial charge in [0.1, 0.15) is 34.3 Å². The minimum Gasteiger partial charge on any atom is -0.480 e. The molecule has 4 aromatic heterocycles. The number of ether oxygens (including phenoxy) is 3. The van der Waals surface area contributed by atoms with Gasteiger partial charge in [0.2, 0.25) is 5.88 Å². The molecule has 2 N–H and O–H groups in total. The van der Waals surface area contributed by atoms with Crippen molar-refractivity contribution in [3.05, 3.63) is 59.8 Å². The van der Waals surface area contributed by atoms with Crippen molar-refractivity contribution >= 4 is 50.4 Å². The molecule has 13 nitrogen and oxygen atoms in total. The Morgan fingerprint density at radius 3 is 2.73 bits per heavy atom. The van der Waals surface area contributed by atoms with Gasteiger partial charge >= 0.3 is 6.09 Å². The van der Waals surface area contributed by atoms with E-state index in [-0.39, 0.29) is 37.2 Å². The highest BCUT2D eigenvalue weighted by molar-refractivity contribution is 7.21. The number of carbonyl (C=O) groups excluding carboxylic acids is 2. The number of aryl methyl sites for hydroxylation is 1. The molecule has 1 saturated heterocycles. The van der Waals surface area contributed by atoms with Gasteiger partial charge in [0, 0.05) is 24.7 Å². The standard InChI is InChI=1S/C29H26FN7O6S/c1-15-9-18(24-21(10-15)34-23(41-2)13-32-24)26-35-22-11-19(30)25(36-27(22)44-26)42-7-8-43-29(40)33-16-3-4-20(31-12-16)28(39)37-6-5-17(38)14-37/h3-4,9-13,17,38H,5-8,14H2,1-2H3,(H,33,40)/t17-/m0/s1. The number of carbonyl (C=O) groups is 2. The molecular formula is C29H26FN7O6S. The summed E-state index contributed by atoms with van der Waals surface area (Å²) < 4.78 is 30.5. The molecule has 0 saturated carbocycles. The van der Waals surface area contributed by atoms with Crippen LogP contribution in [-0.2, 0) is 4.74 Å². The summed E-state index contributed by atoms with van der Waals surface area (Å²) in [6, 6.07) is 8.07. The Bertz CT molecular complexity index is 1870. The van der Waals surface area contributed by atoms with Crippen LogP contribution in [0.2, 0.25) is 0 Å². The summed E-state index contributed by atoms with van der Waals surface area (Å²) in [5.74, 6) is -0.850. The number of aromatic nitrogens is 5. The number of benzene rings is 1. The number of halogens is 1. The van der Waals surface area contributed by atoms with Gasteiger partial charge < -0.3 is 24.2 Å². The zero-order valence-electron chi connectivity index (χ0n) is 23.6. The molecule has 1 atom stereocenters. The first-order valence-electron chi connectivity index (χ1n) is 13.6. The van der Waals surface area contributed by atoms with Gasteiger partial charge in [-0.05, 0) is 43.2 Å². The average molecular weight is 620 g/mol. The third kappa shape index (κ3) is 6.18. The van der Waals surface area contributed by atoms with Crippen LogP contribution in [0.1, 0.15) is 22.5 Å². The van der Waals surface area contributed by atoms with E-state index in [0.717, 1.165) is 11.1 Å². The van der Waals surface area contributed by atoms with E-state index in [1.165, 1.54) is 53.9 Å². The zero-order chi connectivity index (χ0) is 30.8. The normalized spacial score (nSPS) is 14.6. The highest BCUT2D eigenvalue weighted by Crippen LogP contribution is 2.35. The summed E-state index contributed by atoms with van der Waals surface area (Å²) in [6.45, 7) is 2.33. The number of fused-ring (bicyclic) bond motifs is 2. The molecule has 226 valence electrons. The number of anilines is 1. The van der Waals surface area contributed by atoms with Gasteiger partial charge in [-0.1, -0.05) is 11.3 Å². The number of amides is 2. The van der Waals surface area contributed by atoms with Crippen LogP contribution in [0, 0.1) is 12.7 Å². The lowest BCUT2D eigenvalue weighted by Crippen LogP contribution is -2.30. The van der Waals surface area contributed by atoms with Crippen molar-refractivity contribution in [1.29, 1.82) is 0 Å². The maximum Gasteiger partial charge on any atom is 0.411 e. The Labute approximate surface area is 253 Å². The van der Waals surface area contributed by atoms with Crippen molar-refractivity contribution in [2.24, 2.45) is 0 Å². The van der Waals surface area contributed by atoms with Crippen molar-refractivity contribution in [2.45, 2.75) is 19.4 Å². The number of rotatable bonds is 8. The van der Waals surface area contributed by atoms with Crippen LogP contribution in [0.5, 0.6) is 11.8 Å². The van der Waals surface area contributed by atoms with Crippen molar-refractivity contribution < 1.29 is 33.3 Å². The van der Waals surface area contributed by atoms with E-state index in [0.29, 0.717) is 50.9 Å². The molecule has 15 heteroatoms. The maximum absolute atomic E-state index is 14.8. The number of likely N-dealkylation sites (tertiary alicyclic amines) is 1. The summed E-state index contributed by atoms with van der Waals surface area (Å²) in [5, 5.41) is 12.7. The number of aliphatic hydroxyl groups excluding tert-OH is 1. The molecule has 1 aliphatic heterocycles. The maximum atomic E-state index is 14.8. The van der Waals surface area contributed by atoms with Gasteiger partial charge in [0.05, 0.1) is 42.3 Å². The molecule has 6 rings (SSSR count). The summed E-state index contributed by atoms with van der Waals surface area (Å²) in [4.78, 5) is 48.5. The van der Waals surface area contributed by atoms with Crippen LogP contribution >= 0.6 is 11.3 Å². The van der Waals surface area contributed by atoms with E-state index in [1.54, 1.807) is 0 Å². The molecule has 0 radical (unpaired) electrons. The number of thiazole rings is 1. The molecule has 2 amide bonds. The Hall–Kier alpha value is -5.02. The van der Waals surface area contributed by atoms with Crippen molar-refractivity contribution in [2.75, 3.05) is 38.7 Å².